The summed E-state index contributed by atoms with van der Waals surface area (Å²) in [5.41, 5.74) is 1.87. The van der Waals surface area contributed by atoms with Crippen LogP contribution < -0.4 is 10.9 Å². The lowest BCUT2D eigenvalue weighted by Crippen LogP contribution is -2.35. The Hall–Kier alpha value is -2.88. The van der Waals surface area contributed by atoms with Crippen LogP contribution in [0.25, 0.3) is 10.9 Å². The van der Waals surface area contributed by atoms with Crippen molar-refractivity contribution in [3.8, 4) is 0 Å². The number of amides is 1. The molecule has 1 aliphatic rings. The SMILES string of the molecule is O=C(NCc1cc2ccccc2[nH]c1=O)C1(c2ccccc2)CC1. The van der Waals surface area contributed by atoms with Crippen LogP contribution in [0.15, 0.2) is 65.5 Å². The summed E-state index contributed by atoms with van der Waals surface area (Å²) in [5, 5.41) is 3.91. The van der Waals surface area contributed by atoms with Gasteiger partial charge in [-0.05, 0) is 35.9 Å². The van der Waals surface area contributed by atoms with Gasteiger partial charge in [0.2, 0.25) is 5.91 Å². The molecule has 1 saturated carbocycles. The smallest absolute Gasteiger partial charge is 0.253 e. The van der Waals surface area contributed by atoms with Crippen LogP contribution in [0.3, 0.4) is 0 Å². The lowest BCUT2D eigenvalue weighted by Gasteiger charge is -2.15. The number of para-hydroxylation sites is 1. The summed E-state index contributed by atoms with van der Waals surface area (Å²) in [6, 6.07) is 19.3. The Labute approximate surface area is 139 Å². The maximum atomic E-state index is 12.7. The van der Waals surface area contributed by atoms with Crippen molar-refractivity contribution in [1.29, 1.82) is 0 Å². The molecule has 120 valence electrons. The number of aromatic amines is 1. The molecule has 1 aliphatic carbocycles. The van der Waals surface area contributed by atoms with E-state index in [9.17, 15) is 9.59 Å². The molecule has 3 aromatic rings. The van der Waals surface area contributed by atoms with Gasteiger partial charge in [-0.3, -0.25) is 9.59 Å². The molecule has 2 aromatic carbocycles. The predicted octanol–water partition coefficient (Wildman–Crippen LogP) is 2.88. The number of hydrogen-bond donors (Lipinski definition) is 2. The second kappa shape index (κ2) is 5.64. The van der Waals surface area contributed by atoms with E-state index in [0.717, 1.165) is 29.3 Å². The van der Waals surface area contributed by atoms with Crippen LogP contribution in [0, 0.1) is 0 Å². The summed E-state index contributed by atoms with van der Waals surface area (Å²) in [5.74, 6) is 0.00117. The Morgan fingerprint density at radius 1 is 1.04 bits per heavy atom. The summed E-state index contributed by atoms with van der Waals surface area (Å²) < 4.78 is 0. The van der Waals surface area contributed by atoms with Gasteiger partial charge in [0.15, 0.2) is 0 Å². The van der Waals surface area contributed by atoms with Crippen LogP contribution in [0.5, 0.6) is 0 Å². The van der Waals surface area contributed by atoms with Crippen molar-refractivity contribution in [2.45, 2.75) is 24.8 Å². The second-order valence-corrected chi connectivity index (χ2v) is 6.34. The molecule has 4 rings (SSSR count). The summed E-state index contributed by atoms with van der Waals surface area (Å²) in [6.07, 6.45) is 1.72. The van der Waals surface area contributed by atoms with Crippen molar-refractivity contribution in [3.63, 3.8) is 0 Å². The van der Waals surface area contributed by atoms with Crippen LogP contribution in [0.4, 0.5) is 0 Å². The first-order valence-electron chi connectivity index (χ1n) is 8.14. The predicted molar refractivity (Wildman–Crippen MR) is 93.8 cm³/mol. The first-order chi connectivity index (χ1) is 11.7. The number of nitrogens with one attached hydrogen (secondary N) is 2. The van der Waals surface area contributed by atoms with Gasteiger partial charge < -0.3 is 10.3 Å². The molecule has 1 amide bonds. The molecule has 0 atom stereocenters. The largest absolute Gasteiger partial charge is 0.351 e. The molecule has 0 bridgehead atoms. The third-order valence-electron chi connectivity index (χ3n) is 4.78. The van der Waals surface area contributed by atoms with Crippen LogP contribution in [0.2, 0.25) is 0 Å². The number of fused-ring (bicyclic) bond motifs is 1. The van der Waals surface area contributed by atoms with E-state index in [-0.39, 0.29) is 18.0 Å². The number of rotatable bonds is 4. The van der Waals surface area contributed by atoms with Crippen LogP contribution >= 0.6 is 0 Å². The van der Waals surface area contributed by atoms with Crippen molar-refractivity contribution < 1.29 is 4.79 Å². The summed E-state index contributed by atoms with van der Waals surface area (Å²) >= 11 is 0. The maximum absolute atomic E-state index is 12.7. The zero-order chi connectivity index (χ0) is 16.6. The van der Waals surface area contributed by atoms with E-state index in [1.807, 2.05) is 60.7 Å². The van der Waals surface area contributed by atoms with Crippen molar-refractivity contribution in [3.05, 3.63) is 82.1 Å². The molecule has 0 saturated heterocycles. The van der Waals surface area contributed by atoms with E-state index in [2.05, 4.69) is 10.3 Å². The zero-order valence-electron chi connectivity index (χ0n) is 13.2. The number of benzene rings is 2. The van der Waals surface area contributed by atoms with Gasteiger partial charge in [-0.15, -0.1) is 0 Å². The molecule has 1 aromatic heterocycles. The second-order valence-electron chi connectivity index (χ2n) is 6.34. The van der Waals surface area contributed by atoms with Crippen molar-refractivity contribution in [2.75, 3.05) is 0 Å². The molecule has 2 N–H and O–H groups in total. The van der Waals surface area contributed by atoms with Crippen LogP contribution in [0.1, 0.15) is 24.0 Å². The Morgan fingerprint density at radius 2 is 1.75 bits per heavy atom. The molecule has 0 unspecified atom stereocenters. The molecule has 1 fully saturated rings. The molecule has 0 radical (unpaired) electrons. The van der Waals surface area contributed by atoms with Gasteiger partial charge in [0.25, 0.3) is 5.56 Å². The number of aromatic nitrogens is 1. The molecular formula is C20H18N2O2. The third kappa shape index (κ3) is 2.50. The van der Waals surface area contributed by atoms with Gasteiger partial charge in [-0.2, -0.15) is 0 Å². The molecule has 1 heterocycles. The highest BCUT2D eigenvalue weighted by atomic mass is 16.2. The third-order valence-corrected chi connectivity index (χ3v) is 4.78. The number of carbonyl (C=O) groups is 1. The fourth-order valence-electron chi connectivity index (χ4n) is 3.20. The highest BCUT2D eigenvalue weighted by Gasteiger charge is 2.50. The quantitative estimate of drug-likeness (QED) is 0.777. The summed E-state index contributed by atoms with van der Waals surface area (Å²) in [6.45, 7) is 0.244. The topological polar surface area (TPSA) is 62.0 Å². The van der Waals surface area contributed by atoms with Crippen molar-refractivity contribution in [2.24, 2.45) is 0 Å². The minimum Gasteiger partial charge on any atom is -0.351 e. The normalized spacial score (nSPS) is 15.2. The number of carbonyl (C=O) groups excluding carboxylic acids is 1. The van der Waals surface area contributed by atoms with Gasteiger partial charge in [-0.1, -0.05) is 48.5 Å². The molecule has 24 heavy (non-hydrogen) atoms. The van der Waals surface area contributed by atoms with Gasteiger partial charge >= 0.3 is 0 Å². The molecule has 4 nitrogen and oxygen atoms in total. The number of H-pyrrole nitrogens is 1. The van der Waals surface area contributed by atoms with Crippen molar-refractivity contribution in [1.82, 2.24) is 10.3 Å². The Morgan fingerprint density at radius 3 is 2.50 bits per heavy atom. The molecule has 0 aliphatic heterocycles. The van der Waals surface area contributed by atoms with Gasteiger partial charge in [0.05, 0.1) is 5.41 Å². The Kier molecular flexibility index (Phi) is 3.45. The van der Waals surface area contributed by atoms with Gasteiger partial charge in [0, 0.05) is 17.6 Å². The first-order valence-corrected chi connectivity index (χ1v) is 8.14. The minimum atomic E-state index is -0.412. The first kappa shape index (κ1) is 14.7. The lowest BCUT2D eigenvalue weighted by atomic mass is 9.95. The molecule has 4 heteroatoms. The molecular weight excluding hydrogens is 300 g/mol. The molecule has 0 spiro atoms. The van der Waals surface area contributed by atoms with E-state index in [0.29, 0.717) is 5.56 Å². The zero-order valence-corrected chi connectivity index (χ0v) is 13.2. The average Bonchev–Trinajstić information content (AvgIpc) is 3.42. The van der Waals surface area contributed by atoms with Crippen LogP contribution in [-0.2, 0) is 16.8 Å². The Bertz CT molecular complexity index is 956. The highest BCUT2D eigenvalue weighted by molar-refractivity contribution is 5.91. The van der Waals surface area contributed by atoms with E-state index < -0.39 is 5.41 Å². The fraction of sp³-hybridized carbons (Fsp3) is 0.200. The number of pyridine rings is 1. The van der Waals surface area contributed by atoms with E-state index >= 15 is 0 Å². The van der Waals surface area contributed by atoms with E-state index in [1.165, 1.54) is 0 Å². The summed E-state index contributed by atoms with van der Waals surface area (Å²) in [7, 11) is 0. The fourth-order valence-corrected chi connectivity index (χ4v) is 3.20. The number of hydrogen-bond acceptors (Lipinski definition) is 2. The maximum Gasteiger partial charge on any atom is 0.253 e. The average molecular weight is 318 g/mol. The standard InChI is InChI=1S/C20H18N2O2/c23-18-15(12-14-6-4-5-9-17(14)22-18)13-21-19(24)20(10-11-20)16-7-2-1-3-8-16/h1-9,12H,10-11,13H2,(H,21,24)(H,22,23). The van der Waals surface area contributed by atoms with Crippen molar-refractivity contribution >= 4 is 16.8 Å². The van der Waals surface area contributed by atoms with Gasteiger partial charge in [-0.25, -0.2) is 0 Å². The monoisotopic (exact) mass is 318 g/mol. The minimum absolute atomic E-state index is 0.00117. The Balaban J connectivity index is 1.54. The van der Waals surface area contributed by atoms with E-state index in [4.69, 9.17) is 0 Å². The summed E-state index contributed by atoms with van der Waals surface area (Å²) in [4.78, 5) is 27.7. The van der Waals surface area contributed by atoms with Gasteiger partial charge in [0.1, 0.15) is 0 Å². The van der Waals surface area contributed by atoms with Crippen LogP contribution in [-0.4, -0.2) is 10.9 Å². The van der Waals surface area contributed by atoms with E-state index in [1.54, 1.807) is 0 Å². The highest BCUT2D eigenvalue weighted by Crippen LogP contribution is 2.48. The lowest BCUT2D eigenvalue weighted by molar-refractivity contribution is -0.123.